The van der Waals surface area contributed by atoms with Crippen molar-refractivity contribution in [2.24, 2.45) is 0 Å². The molecular formula is C18H19N3O3S. The number of H-pyrrole nitrogens is 1. The van der Waals surface area contributed by atoms with Gasteiger partial charge in [0.15, 0.2) is 11.5 Å². The van der Waals surface area contributed by atoms with Crippen molar-refractivity contribution in [3.05, 3.63) is 46.3 Å². The fraction of sp³-hybridized carbons (Fsp3) is 0.222. The van der Waals surface area contributed by atoms with Crippen molar-refractivity contribution in [2.75, 3.05) is 19.5 Å². The molecule has 2 N–H and O–H groups in total. The second kappa shape index (κ2) is 7.40. The lowest BCUT2D eigenvalue weighted by atomic mass is 10.1. The topological polar surface area (TPSA) is 76.2 Å². The molecule has 130 valence electrons. The normalized spacial score (nSPS) is 10.5. The summed E-state index contributed by atoms with van der Waals surface area (Å²) in [6.07, 6.45) is 0.341. The van der Waals surface area contributed by atoms with E-state index in [1.165, 1.54) is 0 Å². The second-order valence-corrected chi connectivity index (χ2v) is 6.48. The molecule has 0 fully saturated rings. The largest absolute Gasteiger partial charge is 0.493 e. The molecule has 0 atom stereocenters. The number of ether oxygens (including phenoxy) is 2. The Bertz CT molecular complexity index is 872. The first kappa shape index (κ1) is 17.0. The molecule has 0 bridgehead atoms. The fourth-order valence-corrected chi connectivity index (χ4v) is 3.23. The number of nitrogens with one attached hydrogen (secondary N) is 2. The first-order valence-corrected chi connectivity index (χ1v) is 8.60. The zero-order valence-corrected chi connectivity index (χ0v) is 15.1. The van der Waals surface area contributed by atoms with Crippen LogP contribution >= 0.6 is 11.3 Å². The molecule has 0 aliphatic rings. The predicted octanol–water partition coefficient (Wildman–Crippen LogP) is 3.65. The van der Waals surface area contributed by atoms with E-state index in [-0.39, 0.29) is 5.91 Å². The highest BCUT2D eigenvalue weighted by atomic mass is 32.1. The molecule has 0 aliphatic carbocycles. The summed E-state index contributed by atoms with van der Waals surface area (Å²) in [7, 11) is 3.17. The van der Waals surface area contributed by atoms with Crippen LogP contribution < -0.4 is 14.8 Å². The first-order valence-electron chi connectivity index (χ1n) is 7.72. The van der Waals surface area contributed by atoms with Crippen LogP contribution in [0.15, 0.2) is 35.7 Å². The number of hydrogen-bond acceptors (Lipinski definition) is 5. The summed E-state index contributed by atoms with van der Waals surface area (Å²) in [6, 6.07) is 9.41. The standard InChI is InChI=1S/C18H19N3O3S/c1-11-17(19-16(22)10-13-5-4-8-25-13)18(21-20-11)12-6-7-14(23-2)15(9-12)24-3/h4-9H,10H2,1-3H3,(H,19,22)(H,20,21). The van der Waals surface area contributed by atoms with Crippen LogP contribution in [0, 0.1) is 6.92 Å². The number of nitrogens with zero attached hydrogens (tertiary/aromatic N) is 1. The maximum Gasteiger partial charge on any atom is 0.229 e. The Morgan fingerprint density at radius 3 is 2.72 bits per heavy atom. The van der Waals surface area contributed by atoms with Crippen molar-refractivity contribution in [3.8, 4) is 22.8 Å². The highest BCUT2D eigenvalue weighted by molar-refractivity contribution is 7.10. The van der Waals surface area contributed by atoms with E-state index in [9.17, 15) is 4.79 Å². The third-order valence-electron chi connectivity index (χ3n) is 3.78. The van der Waals surface area contributed by atoms with E-state index >= 15 is 0 Å². The number of methoxy groups -OCH3 is 2. The summed E-state index contributed by atoms with van der Waals surface area (Å²) >= 11 is 1.56. The Morgan fingerprint density at radius 2 is 2.04 bits per heavy atom. The third kappa shape index (κ3) is 3.66. The van der Waals surface area contributed by atoms with Gasteiger partial charge in [0.1, 0.15) is 5.69 Å². The predicted molar refractivity (Wildman–Crippen MR) is 98.5 cm³/mol. The summed E-state index contributed by atoms with van der Waals surface area (Å²) in [5, 5.41) is 12.2. The Kier molecular flexibility index (Phi) is 5.04. The molecule has 0 saturated carbocycles. The van der Waals surface area contributed by atoms with Crippen LogP contribution in [-0.4, -0.2) is 30.3 Å². The van der Waals surface area contributed by atoms with Crippen molar-refractivity contribution in [2.45, 2.75) is 13.3 Å². The number of rotatable bonds is 6. The van der Waals surface area contributed by atoms with Crippen molar-refractivity contribution in [1.29, 1.82) is 0 Å². The number of benzene rings is 1. The molecule has 0 unspecified atom stereocenters. The SMILES string of the molecule is COc1ccc(-c2n[nH]c(C)c2NC(=O)Cc2cccs2)cc1OC. The number of hydrogen-bond donors (Lipinski definition) is 2. The molecule has 1 aromatic carbocycles. The smallest absolute Gasteiger partial charge is 0.229 e. The average Bonchev–Trinajstić information content (AvgIpc) is 3.25. The molecule has 3 aromatic rings. The molecule has 3 rings (SSSR count). The molecule has 2 heterocycles. The van der Waals surface area contributed by atoms with Gasteiger partial charge in [0.25, 0.3) is 0 Å². The molecular weight excluding hydrogens is 338 g/mol. The van der Waals surface area contributed by atoms with Crippen LogP contribution in [0.3, 0.4) is 0 Å². The molecule has 0 spiro atoms. The van der Waals surface area contributed by atoms with Gasteiger partial charge in [-0.05, 0) is 36.6 Å². The fourth-order valence-electron chi connectivity index (χ4n) is 2.53. The van der Waals surface area contributed by atoms with Crippen molar-refractivity contribution in [1.82, 2.24) is 10.2 Å². The molecule has 0 radical (unpaired) electrons. The number of carbonyl (C=O) groups excluding carboxylic acids is 1. The van der Waals surface area contributed by atoms with Gasteiger partial charge in [-0.3, -0.25) is 9.89 Å². The van der Waals surface area contributed by atoms with Gasteiger partial charge >= 0.3 is 0 Å². The summed E-state index contributed by atoms with van der Waals surface area (Å²) in [6.45, 7) is 1.87. The third-order valence-corrected chi connectivity index (χ3v) is 4.66. The summed E-state index contributed by atoms with van der Waals surface area (Å²) < 4.78 is 10.6. The number of anilines is 1. The Labute approximate surface area is 149 Å². The number of aromatic nitrogens is 2. The molecule has 1 amide bonds. The van der Waals surface area contributed by atoms with Gasteiger partial charge in [0.2, 0.25) is 5.91 Å². The number of aromatic amines is 1. The lowest BCUT2D eigenvalue weighted by molar-refractivity contribution is -0.115. The molecule has 25 heavy (non-hydrogen) atoms. The van der Waals surface area contributed by atoms with Crippen LogP contribution in [0.2, 0.25) is 0 Å². The molecule has 7 heteroatoms. The minimum atomic E-state index is -0.0753. The summed E-state index contributed by atoms with van der Waals surface area (Å²) in [5.74, 6) is 1.17. The minimum Gasteiger partial charge on any atom is -0.493 e. The zero-order valence-electron chi connectivity index (χ0n) is 14.3. The van der Waals surface area contributed by atoms with Crippen LogP contribution in [-0.2, 0) is 11.2 Å². The maximum absolute atomic E-state index is 12.3. The van der Waals surface area contributed by atoms with Crippen molar-refractivity contribution >= 4 is 22.9 Å². The number of amides is 1. The van der Waals surface area contributed by atoms with Crippen molar-refractivity contribution in [3.63, 3.8) is 0 Å². The molecule has 2 aromatic heterocycles. The maximum atomic E-state index is 12.3. The van der Waals surface area contributed by atoms with E-state index in [2.05, 4.69) is 15.5 Å². The van der Waals surface area contributed by atoms with Gasteiger partial charge in [-0.15, -0.1) is 11.3 Å². The molecule has 0 aliphatic heterocycles. The van der Waals surface area contributed by atoms with Gasteiger partial charge in [0.05, 0.1) is 32.0 Å². The van der Waals surface area contributed by atoms with E-state index in [0.717, 1.165) is 16.1 Å². The second-order valence-electron chi connectivity index (χ2n) is 5.45. The van der Waals surface area contributed by atoms with E-state index < -0.39 is 0 Å². The quantitative estimate of drug-likeness (QED) is 0.706. The number of thiophene rings is 1. The van der Waals surface area contributed by atoms with Gasteiger partial charge in [-0.1, -0.05) is 6.07 Å². The first-order chi connectivity index (χ1) is 12.1. The Hall–Kier alpha value is -2.80. The van der Waals surface area contributed by atoms with Gasteiger partial charge in [-0.2, -0.15) is 5.10 Å². The van der Waals surface area contributed by atoms with Gasteiger partial charge < -0.3 is 14.8 Å². The van der Waals surface area contributed by atoms with E-state index in [4.69, 9.17) is 9.47 Å². The minimum absolute atomic E-state index is 0.0753. The average molecular weight is 357 g/mol. The summed E-state index contributed by atoms with van der Waals surface area (Å²) in [5.41, 5.74) is 2.96. The zero-order chi connectivity index (χ0) is 17.8. The Balaban J connectivity index is 1.87. The molecule has 6 nitrogen and oxygen atoms in total. The van der Waals surface area contributed by atoms with Gasteiger partial charge in [0, 0.05) is 10.4 Å². The number of carbonyl (C=O) groups is 1. The van der Waals surface area contributed by atoms with Crippen LogP contribution in [0.4, 0.5) is 5.69 Å². The van der Waals surface area contributed by atoms with E-state index in [1.807, 2.05) is 42.6 Å². The van der Waals surface area contributed by atoms with Gasteiger partial charge in [-0.25, -0.2) is 0 Å². The van der Waals surface area contributed by atoms with E-state index in [1.54, 1.807) is 25.6 Å². The lowest BCUT2D eigenvalue weighted by Crippen LogP contribution is -2.14. The highest BCUT2D eigenvalue weighted by Gasteiger charge is 2.17. The monoisotopic (exact) mass is 357 g/mol. The Morgan fingerprint density at radius 1 is 1.24 bits per heavy atom. The van der Waals surface area contributed by atoms with Crippen molar-refractivity contribution < 1.29 is 14.3 Å². The van der Waals surface area contributed by atoms with Crippen LogP contribution in [0.25, 0.3) is 11.3 Å². The molecule has 0 saturated heterocycles. The highest BCUT2D eigenvalue weighted by Crippen LogP contribution is 2.35. The lowest BCUT2D eigenvalue weighted by Gasteiger charge is -2.10. The van der Waals surface area contributed by atoms with Crippen LogP contribution in [0.5, 0.6) is 11.5 Å². The summed E-state index contributed by atoms with van der Waals surface area (Å²) in [4.78, 5) is 13.4. The van der Waals surface area contributed by atoms with E-state index in [0.29, 0.717) is 29.3 Å². The van der Waals surface area contributed by atoms with Crippen LogP contribution in [0.1, 0.15) is 10.6 Å². The number of aryl methyl sites for hydroxylation is 1.